The van der Waals surface area contributed by atoms with Crippen molar-refractivity contribution in [2.75, 3.05) is 0 Å². The van der Waals surface area contributed by atoms with E-state index in [2.05, 4.69) is 34.3 Å². The van der Waals surface area contributed by atoms with Gasteiger partial charge >= 0.3 is 0 Å². The van der Waals surface area contributed by atoms with Crippen molar-refractivity contribution in [3.63, 3.8) is 0 Å². The van der Waals surface area contributed by atoms with E-state index in [1.54, 1.807) is 24.4 Å². The molecule has 2 N–H and O–H groups in total. The number of phenolic OH excluding ortho intramolecular Hbond substituents is 1. The molecule has 0 aliphatic rings. The molecule has 0 radical (unpaired) electrons. The first kappa shape index (κ1) is 17.1. The molecule has 1 aromatic heterocycles. The topological polar surface area (TPSA) is 66.2 Å². The Balaban J connectivity index is 1.69. The fraction of sp³-hybridized carbons (Fsp3) is 0.238. The third-order valence-corrected chi connectivity index (χ3v) is 4.04. The minimum Gasteiger partial charge on any atom is -0.508 e. The first-order valence-electron chi connectivity index (χ1n) is 8.52. The van der Waals surface area contributed by atoms with Gasteiger partial charge in [-0.3, -0.25) is 4.98 Å². The zero-order valence-electron chi connectivity index (χ0n) is 14.3. The molecule has 1 heterocycles. The summed E-state index contributed by atoms with van der Waals surface area (Å²) in [7, 11) is 0. The van der Waals surface area contributed by atoms with Gasteiger partial charge in [0.15, 0.2) is 0 Å². The molecule has 1 atom stereocenters. The van der Waals surface area contributed by atoms with Gasteiger partial charge in [-0.15, -0.1) is 0 Å². The van der Waals surface area contributed by atoms with Crippen molar-refractivity contribution in [1.29, 1.82) is 0 Å². The number of rotatable bonds is 6. The molecule has 0 saturated carbocycles. The van der Waals surface area contributed by atoms with Crippen molar-refractivity contribution >= 4 is 17.1 Å². The van der Waals surface area contributed by atoms with E-state index in [4.69, 9.17) is 0 Å². The molecule has 3 rings (SSSR count). The Morgan fingerprint density at radius 2 is 1.88 bits per heavy atom. The first-order valence-corrected chi connectivity index (χ1v) is 8.52. The molecule has 25 heavy (non-hydrogen) atoms. The second-order valence-corrected chi connectivity index (χ2v) is 6.23. The number of unbranched alkanes of at least 4 members (excludes halogenated alkanes) is 1. The summed E-state index contributed by atoms with van der Waals surface area (Å²) < 4.78 is 0. The summed E-state index contributed by atoms with van der Waals surface area (Å²) in [4.78, 5) is 8.97. The predicted octanol–water partition coefficient (Wildman–Crippen LogP) is 4.57. The molecule has 4 heteroatoms. The lowest BCUT2D eigenvalue weighted by Crippen LogP contribution is -1.97. The Labute approximate surface area is 147 Å². The minimum atomic E-state index is -0.222. The number of aromatic nitrogens is 2. The van der Waals surface area contributed by atoms with Crippen LogP contribution in [0, 0.1) is 0 Å². The molecule has 3 aromatic rings. The highest BCUT2D eigenvalue weighted by molar-refractivity contribution is 5.78. The number of nitrogens with zero attached hydrogens (tertiary/aromatic N) is 2. The number of aliphatic hydroxyl groups excluding tert-OH is 1. The van der Waals surface area contributed by atoms with Gasteiger partial charge in [0.2, 0.25) is 0 Å². The Hall–Kier alpha value is -2.72. The Bertz CT molecular complexity index is 871. The SMILES string of the molecule is CC(O)CCC/C=C/c1ccc(-c2cnc3cc(O)ccc3n2)cc1. The van der Waals surface area contributed by atoms with Crippen LogP contribution in [0.2, 0.25) is 0 Å². The summed E-state index contributed by atoms with van der Waals surface area (Å²) in [5.74, 6) is 0.194. The summed E-state index contributed by atoms with van der Waals surface area (Å²) in [5.41, 5.74) is 4.40. The van der Waals surface area contributed by atoms with E-state index < -0.39 is 0 Å². The van der Waals surface area contributed by atoms with Gasteiger partial charge in [-0.1, -0.05) is 36.4 Å². The molecular formula is C21H22N2O2. The van der Waals surface area contributed by atoms with E-state index in [1.807, 2.05) is 19.1 Å². The number of hydrogen-bond acceptors (Lipinski definition) is 4. The predicted molar refractivity (Wildman–Crippen MR) is 101 cm³/mol. The van der Waals surface area contributed by atoms with Gasteiger partial charge in [0.25, 0.3) is 0 Å². The van der Waals surface area contributed by atoms with Crippen LogP contribution in [0.3, 0.4) is 0 Å². The maximum absolute atomic E-state index is 9.49. The van der Waals surface area contributed by atoms with Gasteiger partial charge in [0.1, 0.15) is 5.75 Å². The van der Waals surface area contributed by atoms with Gasteiger partial charge in [0, 0.05) is 11.6 Å². The number of aliphatic hydroxyl groups is 1. The van der Waals surface area contributed by atoms with E-state index in [-0.39, 0.29) is 11.9 Å². The zero-order chi connectivity index (χ0) is 17.6. The summed E-state index contributed by atoms with van der Waals surface area (Å²) in [6, 6.07) is 13.2. The average Bonchev–Trinajstić information content (AvgIpc) is 2.61. The van der Waals surface area contributed by atoms with Crippen molar-refractivity contribution in [1.82, 2.24) is 9.97 Å². The van der Waals surface area contributed by atoms with Crippen molar-refractivity contribution in [2.45, 2.75) is 32.3 Å². The Morgan fingerprint density at radius 3 is 2.64 bits per heavy atom. The highest BCUT2D eigenvalue weighted by atomic mass is 16.3. The third-order valence-electron chi connectivity index (χ3n) is 4.04. The molecule has 2 aromatic carbocycles. The van der Waals surface area contributed by atoms with Crippen molar-refractivity contribution in [3.05, 3.63) is 60.3 Å². The highest BCUT2D eigenvalue weighted by Gasteiger charge is 2.03. The molecule has 1 unspecified atom stereocenters. The summed E-state index contributed by atoms with van der Waals surface area (Å²) in [6.45, 7) is 1.82. The highest BCUT2D eigenvalue weighted by Crippen LogP contribution is 2.22. The van der Waals surface area contributed by atoms with E-state index in [0.29, 0.717) is 5.52 Å². The van der Waals surface area contributed by atoms with E-state index in [9.17, 15) is 10.2 Å². The van der Waals surface area contributed by atoms with E-state index in [0.717, 1.165) is 41.6 Å². The number of allylic oxidation sites excluding steroid dienone is 1. The standard InChI is InChI=1S/C21H22N2O2/c1-15(24)5-3-2-4-6-16-7-9-17(10-8-16)21-14-22-20-13-18(25)11-12-19(20)23-21/h4,6-15,24-25H,2-3,5H2,1H3/b6-4+. The van der Waals surface area contributed by atoms with Crippen LogP contribution in [0.1, 0.15) is 31.7 Å². The molecule has 0 fully saturated rings. The van der Waals surface area contributed by atoms with Gasteiger partial charge in [-0.2, -0.15) is 0 Å². The molecular weight excluding hydrogens is 312 g/mol. The molecule has 0 saturated heterocycles. The van der Waals surface area contributed by atoms with Crippen LogP contribution in [-0.2, 0) is 0 Å². The summed E-state index contributed by atoms with van der Waals surface area (Å²) >= 11 is 0. The van der Waals surface area contributed by atoms with Crippen LogP contribution in [-0.4, -0.2) is 26.3 Å². The summed E-state index contributed by atoms with van der Waals surface area (Å²) in [5, 5.41) is 18.7. The molecule has 4 nitrogen and oxygen atoms in total. The van der Waals surface area contributed by atoms with Crippen LogP contribution < -0.4 is 0 Å². The lowest BCUT2D eigenvalue weighted by molar-refractivity contribution is 0.182. The molecule has 0 bridgehead atoms. The molecule has 0 aliphatic heterocycles. The van der Waals surface area contributed by atoms with Gasteiger partial charge < -0.3 is 10.2 Å². The normalized spacial score (nSPS) is 12.7. The second-order valence-electron chi connectivity index (χ2n) is 6.23. The first-order chi connectivity index (χ1) is 12.1. The monoisotopic (exact) mass is 334 g/mol. The minimum absolute atomic E-state index is 0.194. The lowest BCUT2D eigenvalue weighted by atomic mass is 10.1. The quantitative estimate of drug-likeness (QED) is 0.648. The molecule has 0 amide bonds. The Morgan fingerprint density at radius 1 is 1.08 bits per heavy atom. The smallest absolute Gasteiger partial charge is 0.117 e. The van der Waals surface area contributed by atoms with Crippen molar-refractivity contribution in [2.24, 2.45) is 0 Å². The van der Waals surface area contributed by atoms with Crippen molar-refractivity contribution in [3.8, 4) is 17.0 Å². The van der Waals surface area contributed by atoms with Crippen LogP contribution in [0.15, 0.2) is 54.7 Å². The summed E-state index contributed by atoms with van der Waals surface area (Å²) in [6.07, 6.45) is 8.54. The van der Waals surface area contributed by atoms with E-state index >= 15 is 0 Å². The fourth-order valence-corrected chi connectivity index (χ4v) is 2.65. The van der Waals surface area contributed by atoms with Crippen LogP contribution >= 0.6 is 0 Å². The van der Waals surface area contributed by atoms with Gasteiger partial charge in [-0.25, -0.2) is 4.98 Å². The fourth-order valence-electron chi connectivity index (χ4n) is 2.65. The van der Waals surface area contributed by atoms with Crippen molar-refractivity contribution < 1.29 is 10.2 Å². The van der Waals surface area contributed by atoms with Gasteiger partial charge in [-0.05, 0) is 43.9 Å². The Kier molecular flexibility index (Phi) is 5.41. The number of phenols is 1. The number of fused-ring (bicyclic) bond motifs is 1. The maximum Gasteiger partial charge on any atom is 0.117 e. The van der Waals surface area contributed by atoms with Gasteiger partial charge in [0.05, 0.1) is 29.0 Å². The average molecular weight is 334 g/mol. The molecule has 128 valence electrons. The zero-order valence-corrected chi connectivity index (χ0v) is 14.3. The number of hydrogen-bond donors (Lipinski definition) is 2. The van der Waals surface area contributed by atoms with Crippen LogP contribution in [0.5, 0.6) is 5.75 Å². The maximum atomic E-state index is 9.49. The third kappa shape index (κ3) is 4.64. The van der Waals surface area contributed by atoms with Crippen LogP contribution in [0.25, 0.3) is 28.4 Å². The molecule has 0 spiro atoms. The van der Waals surface area contributed by atoms with Crippen LogP contribution in [0.4, 0.5) is 0 Å². The number of benzene rings is 2. The molecule has 0 aliphatic carbocycles. The lowest BCUT2D eigenvalue weighted by Gasteiger charge is -2.04. The second kappa shape index (κ2) is 7.90. The largest absolute Gasteiger partial charge is 0.508 e. The number of aromatic hydroxyl groups is 1. The van der Waals surface area contributed by atoms with E-state index in [1.165, 1.54) is 0 Å².